The molecule has 0 unspecified atom stereocenters. The van der Waals surface area contributed by atoms with Gasteiger partial charge in [-0.1, -0.05) is 6.08 Å². The van der Waals surface area contributed by atoms with Crippen LogP contribution in [0.2, 0.25) is 0 Å². The van der Waals surface area contributed by atoms with Crippen molar-refractivity contribution in [2.45, 2.75) is 35.9 Å². The van der Waals surface area contributed by atoms with Crippen LogP contribution in [0.25, 0.3) is 0 Å². The highest BCUT2D eigenvalue weighted by Crippen LogP contribution is 2.27. The predicted octanol–water partition coefficient (Wildman–Crippen LogP) is 0.411. The quantitative estimate of drug-likeness (QED) is 0.583. The van der Waals surface area contributed by atoms with Gasteiger partial charge < -0.3 is 4.74 Å². The summed E-state index contributed by atoms with van der Waals surface area (Å²) in [5, 5.41) is -2.19. The van der Waals surface area contributed by atoms with E-state index in [1.54, 1.807) is 0 Å². The Morgan fingerprint density at radius 3 is 2.50 bits per heavy atom. The zero-order valence-electron chi connectivity index (χ0n) is 10.1. The molecule has 1 aliphatic rings. The number of ether oxygens (including phenoxy) is 1. The zero-order chi connectivity index (χ0) is 14.0. The second kappa shape index (κ2) is 5.68. The Morgan fingerprint density at radius 2 is 2.06 bits per heavy atom. The lowest BCUT2D eigenvalue weighted by atomic mass is 10.0. The summed E-state index contributed by atoms with van der Waals surface area (Å²) in [6.45, 7) is 3.76. The molecule has 0 radical (unpaired) electrons. The number of rotatable bonds is 5. The van der Waals surface area contributed by atoms with Gasteiger partial charge in [0.25, 0.3) is 10.1 Å². The number of hydrogen-bond donors (Lipinski definition) is 1. The third-order valence-electron chi connectivity index (χ3n) is 3.01. The molecule has 0 bridgehead atoms. The largest absolute Gasteiger partial charge is 0.375 e. The van der Waals surface area contributed by atoms with Crippen LogP contribution < -0.4 is 0 Å². The van der Waals surface area contributed by atoms with Crippen molar-refractivity contribution in [3.8, 4) is 0 Å². The fourth-order valence-electron chi connectivity index (χ4n) is 2.16. The molecule has 0 saturated carbocycles. The Balaban J connectivity index is 3.11. The monoisotopic (exact) mass is 298 g/mol. The van der Waals surface area contributed by atoms with Gasteiger partial charge in [-0.05, 0) is 19.3 Å². The Labute approximate surface area is 108 Å². The lowest BCUT2D eigenvalue weighted by Crippen LogP contribution is -2.49. The first-order valence-electron chi connectivity index (χ1n) is 5.55. The van der Waals surface area contributed by atoms with Crippen LogP contribution in [0.1, 0.15) is 19.3 Å². The summed E-state index contributed by atoms with van der Waals surface area (Å²) in [6, 6.07) is 0. The molecule has 1 rings (SSSR count). The number of sulfone groups is 1. The van der Waals surface area contributed by atoms with E-state index in [9.17, 15) is 16.8 Å². The molecule has 0 aromatic rings. The fraction of sp³-hybridized carbons (Fsp3) is 0.800. The minimum absolute atomic E-state index is 0.0928. The van der Waals surface area contributed by atoms with Gasteiger partial charge in [-0.25, -0.2) is 8.42 Å². The first-order chi connectivity index (χ1) is 8.18. The Hall–Kier alpha value is -0.440. The summed E-state index contributed by atoms with van der Waals surface area (Å²) in [5.74, 6) is 0. The van der Waals surface area contributed by atoms with Crippen molar-refractivity contribution in [1.82, 2.24) is 0 Å². The van der Waals surface area contributed by atoms with Gasteiger partial charge in [0.05, 0.1) is 11.4 Å². The first kappa shape index (κ1) is 15.6. The Bertz CT molecular complexity index is 492. The van der Waals surface area contributed by atoms with Crippen molar-refractivity contribution in [3.05, 3.63) is 12.7 Å². The molecule has 0 amide bonds. The highest BCUT2D eigenvalue weighted by Gasteiger charge is 2.43. The summed E-state index contributed by atoms with van der Waals surface area (Å²) < 4.78 is 60.4. The second-order valence-corrected chi connectivity index (χ2v) is 8.32. The molecule has 1 heterocycles. The first-order valence-corrected chi connectivity index (χ1v) is 9.01. The van der Waals surface area contributed by atoms with Crippen molar-refractivity contribution in [3.63, 3.8) is 0 Å². The van der Waals surface area contributed by atoms with Crippen LogP contribution in [-0.2, 0) is 24.7 Å². The van der Waals surface area contributed by atoms with Crippen LogP contribution in [0.4, 0.5) is 0 Å². The van der Waals surface area contributed by atoms with E-state index >= 15 is 0 Å². The van der Waals surface area contributed by atoms with Gasteiger partial charge in [0.1, 0.15) is 5.25 Å². The summed E-state index contributed by atoms with van der Waals surface area (Å²) in [4.78, 5) is 0. The SMILES string of the molecule is C=CC[C@@H]([C@H]1OCCC[C@H]1S(=O)(=O)O)S(C)(=O)=O. The van der Waals surface area contributed by atoms with Crippen molar-refractivity contribution in [2.75, 3.05) is 12.9 Å². The van der Waals surface area contributed by atoms with Crippen LogP contribution in [0.15, 0.2) is 12.7 Å². The Morgan fingerprint density at radius 1 is 1.44 bits per heavy atom. The molecule has 1 aliphatic heterocycles. The lowest BCUT2D eigenvalue weighted by molar-refractivity contribution is 0.0155. The molecular weight excluding hydrogens is 280 g/mol. The smallest absolute Gasteiger partial charge is 0.270 e. The normalized spacial score (nSPS) is 27.7. The van der Waals surface area contributed by atoms with Crippen LogP contribution in [0, 0.1) is 0 Å². The minimum Gasteiger partial charge on any atom is -0.375 e. The highest BCUT2D eigenvalue weighted by atomic mass is 32.2. The maximum Gasteiger partial charge on any atom is 0.270 e. The summed E-state index contributed by atoms with van der Waals surface area (Å²) >= 11 is 0. The van der Waals surface area contributed by atoms with Crippen LogP contribution in [0.3, 0.4) is 0 Å². The van der Waals surface area contributed by atoms with Gasteiger partial charge in [-0.2, -0.15) is 8.42 Å². The standard InChI is InChI=1S/C10H18O6S2/c1-3-5-8(17(2,11)12)10-9(18(13,14)15)6-4-7-16-10/h3,8-10H,1,4-7H2,2H3,(H,13,14,15)/t8-,9+,10+/m0/s1. The van der Waals surface area contributed by atoms with E-state index in [1.165, 1.54) is 6.08 Å². The van der Waals surface area contributed by atoms with Gasteiger partial charge in [0, 0.05) is 12.9 Å². The Kier molecular flexibility index (Phi) is 4.93. The summed E-state index contributed by atoms with van der Waals surface area (Å²) in [6.07, 6.45) is 2.17. The number of allylic oxidation sites excluding steroid dienone is 1. The molecular formula is C10H18O6S2. The van der Waals surface area contributed by atoms with Crippen LogP contribution in [0.5, 0.6) is 0 Å². The van der Waals surface area contributed by atoms with Crippen molar-refractivity contribution in [1.29, 1.82) is 0 Å². The predicted molar refractivity (Wildman–Crippen MR) is 67.8 cm³/mol. The maximum atomic E-state index is 11.7. The van der Waals surface area contributed by atoms with E-state index in [0.29, 0.717) is 13.0 Å². The minimum atomic E-state index is -4.32. The number of hydrogen-bond acceptors (Lipinski definition) is 5. The van der Waals surface area contributed by atoms with E-state index in [2.05, 4.69) is 6.58 Å². The summed E-state index contributed by atoms with van der Waals surface area (Å²) in [7, 11) is -7.81. The molecule has 106 valence electrons. The second-order valence-electron chi connectivity index (χ2n) is 4.42. The van der Waals surface area contributed by atoms with Gasteiger partial charge in [-0.15, -0.1) is 6.58 Å². The molecule has 8 heteroatoms. The van der Waals surface area contributed by atoms with Crippen LogP contribution >= 0.6 is 0 Å². The van der Waals surface area contributed by atoms with Gasteiger partial charge in [0.2, 0.25) is 0 Å². The molecule has 1 saturated heterocycles. The lowest BCUT2D eigenvalue weighted by Gasteiger charge is -2.34. The van der Waals surface area contributed by atoms with Crippen LogP contribution in [-0.4, -0.2) is 50.9 Å². The molecule has 3 atom stereocenters. The molecule has 0 spiro atoms. The molecule has 1 fully saturated rings. The molecule has 1 N–H and O–H groups in total. The zero-order valence-corrected chi connectivity index (χ0v) is 11.8. The van der Waals surface area contributed by atoms with Crippen molar-refractivity contribution >= 4 is 20.0 Å². The van der Waals surface area contributed by atoms with E-state index in [-0.39, 0.29) is 12.8 Å². The fourth-order valence-corrected chi connectivity index (χ4v) is 4.57. The summed E-state index contributed by atoms with van der Waals surface area (Å²) in [5.41, 5.74) is 0. The molecule has 0 aliphatic carbocycles. The highest BCUT2D eigenvalue weighted by molar-refractivity contribution is 7.91. The molecule has 0 aromatic heterocycles. The maximum absolute atomic E-state index is 11.7. The van der Waals surface area contributed by atoms with Gasteiger partial charge in [-0.3, -0.25) is 4.55 Å². The van der Waals surface area contributed by atoms with Crippen molar-refractivity contribution in [2.24, 2.45) is 0 Å². The van der Waals surface area contributed by atoms with E-state index < -0.39 is 36.6 Å². The average Bonchev–Trinajstić information content (AvgIpc) is 2.23. The average molecular weight is 298 g/mol. The van der Waals surface area contributed by atoms with Crippen molar-refractivity contribution < 1.29 is 26.1 Å². The van der Waals surface area contributed by atoms with Gasteiger partial charge in [0.15, 0.2) is 9.84 Å². The molecule has 6 nitrogen and oxygen atoms in total. The molecule has 18 heavy (non-hydrogen) atoms. The third-order valence-corrected chi connectivity index (χ3v) is 5.84. The van der Waals surface area contributed by atoms with E-state index in [0.717, 1.165) is 6.26 Å². The molecule has 0 aromatic carbocycles. The topological polar surface area (TPSA) is 97.7 Å². The van der Waals surface area contributed by atoms with E-state index in [1.807, 2.05) is 0 Å². The third kappa shape index (κ3) is 3.78. The van der Waals surface area contributed by atoms with E-state index in [4.69, 9.17) is 9.29 Å². The van der Waals surface area contributed by atoms with Gasteiger partial charge >= 0.3 is 0 Å².